The SMILES string of the molecule is O=C1CN(S(=O)(=O)CCOc2ccccc2)CC(O)N1CCc1ccccc1. The van der Waals surface area contributed by atoms with Crippen LogP contribution in [-0.4, -0.2) is 66.9 Å². The van der Waals surface area contributed by atoms with Crippen molar-refractivity contribution in [3.05, 3.63) is 66.2 Å². The van der Waals surface area contributed by atoms with Gasteiger partial charge in [0.05, 0.1) is 18.8 Å². The number of nitrogens with zero attached hydrogens (tertiary/aromatic N) is 2. The summed E-state index contributed by atoms with van der Waals surface area (Å²) in [5.74, 6) is -0.0758. The molecule has 1 atom stereocenters. The van der Waals surface area contributed by atoms with Crippen molar-refractivity contribution in [2.24, 2.45) is 0 Å². The number of ether oxygens (including phenoxy) is 1. The summed E-state index contributed by atoms with van der Waals surface area (Å²) in [6, 6.07) is 18.6. The van der Waals surface area contributed by atoms with Gasteiger partial charge in [0, 0.05) is 6.54 Å². The number of carbonyl (C=O) groups excluding carboxylic acids is 1. The first-order valence-electron chi connectivity index (χ1n) is 9.13. The summed E-state index contributed by atoms with van der Waals surface area (Å²) in [4.78, 5) is 13.7. The maximum Gasteiger partial charge on any atom is 0.239 e. The maximum atomic E-state index is 12.5. The fourth-order valence-electron chi connectivity index (χ4n) is 3.04. The molecule has 1 aliphatic rings. The minimum Gasteiger partial charge on any atom is -0.492 e. The Labute approximate surface area is 165 Å². The molecule has 1 amide bonds. The lowest BCUT2D eigenvalue weighted by Gasteiger charge is -2.37. The second-order valence-electron chi connectivity index (χ2n) is 6.57. The van der Waals surface area contributed by atoms with E-state index >= 15 is 0 Å². The van der Waals surface area contributed by atoms with Crippen molar-refractivity contribution in [2.45, 2.75) is 12.6 Å². The molecule has 1 fully saturated rings. The van der Waals surface area contributed by atoms with E-state index in [9.17, 15) is 18.3 Å². The predicted octanol–water partition coefficient (Wildman–Crippen LogP) is 1.10. The summed E-state index contributed by atoms with van der Waals surface area (Å²) in [6.45, 7) is -0.0758. The molecule has 0 spiro atoms. The van der Waals surface area contributed by atoms with Crippen LogP contribution >= 0.6 is 0 Å². The molecule has 2 aromatic carbocycles. The number of piperazine rings is 1. The maximum absolute atomic E-state index is 12.5. The molecule has 0 aromatic heterocycles. The summed E-state index contributed by atoms with van der Waals surface area (Å²) >= 11 is 0. The van der Waals surface area contributed by atoms with Crippen LogP contribution in [0.15, 0.2) is 60.7 Å². The highest BCUT2D eigenvalue weighted by Gasteiger charge is 2.36. The van der Waals surface area contributed by atoms with E-state index < -0.39 is 22.2 Å². The van der Waals surface area contributed by atoms with Crippen molar-refractivity contribution in [2.75, 3.05) is 32.0 Å². The van der Waals surface area contributed by atoms with Gasteiger partial charge >= 0.3 is 0 Å². The highest BCUT2D eigenvalue weighted by atomic mass is 32.2. The molecule has 1 N–H and O–H groups in total. The van der Waals surface area contributed by atoms with Gasteiger partial charge in [0.15, 0.2) is 0 Å². The Morgan fingerprint density at radius 2 is 1.68 bits per heavy atom. The number of para-hydroxylation sites is 1. The number of amides is 1. The van der Waals surface area contributed by atoms with Crippen molar-refractivity contribution in [1.29, 1.82) is 0 Å². The van der Waals surface area contributed by atoms with Crippen LogP contribution < -0.4 is 4.74 Å². The van der Waals surface area contributed by atoms with Crippen LogP contribution in [0.5, 0.6) is 5.75 Å². The van der Waals surface area contributed by atoms with Gasteiger partial charge in [-0.1, -0.05) is 48.5 Å². The van der Waals surface area contributed by atoms with E-state index in [0.717, 1.165) is 9.87 Å². The summed E-state index contributed by atoms with van der Waals surface area (Å²) < 4.78 is 31.5. The highest BCUT2D eigenvalue weighted by Crippen LogP contribution is 2.15. The summed E-state index contributed by atoms with van der Waals surface area (Å²) in [5, 5.41) is 10.3. The molecule has 1 aliphatic heterocycles. The van der Waals surface area contributed by atoms with Crippen molar-refractivity contribution in [1.82, 2.24) is 9.21 Å². The standard InChI is InChI=1S/C20H24N2O5S/c23-19-15-21(28(25,26)14-13-27-18-9-5-2-6-10-18)16-20(24)22(19)12-11-17-7-3-1-4-8-17/h1-10,19,23H,11-16H2. The Morgan fingerprint density at radius 3 is 2.32 bits per heavy atom. The van der Waals surface area contributed by atoms with Gasteiger partial charge in [0.1, 0.15) is 18.6 Å². The van der Waals surface area contributed by atoms with Gasteiger partial charge in [-0.05, 0) is 24.1 Å². The second-order valence-corrected chi connectivity index (χ2v) is 8.66. The number of hydrogen-bond acceptors (Lipinski definition) is 5. The summed E-state index contributed by atoms with van der Waals surface area (Å²) in [6.07, 6.45) is -0.559. The average molecular weight is 404 g/mol. The Bertz CT molecular complexity index is 874. The van der Waals surface area contributed by atoms with Crippen LogP contribution in [0.4, 0.5) is 0 Å². The molecule has 1 heterocycles. The molecule has 0 aliphatic carbocycles. The highest BCUT2D eigenvalue weighted by molar-refractivity contribution is 7.89. The largest absolute Gasteiger partial charge is 0.492 e. The first-order chi connectivity index (χ1) is 13.5. The first-order valence-corrected chi connectivity index (χ1v) is 10.7. The molecule has 8 heteroatoms. The number of rotatable bonds is 8. The molecule has 28 heavy (non-hydrogen) atoms. The first kappa shape index (κ1) is 20.3. The number of sulfonamides is 1. The Balaban J connectivity index is 1.52. The lowest BCUT2D eigenvalue weighted by Crippen LogP contribution is -2.58. The van der Waals surface area contributed by atoms with E-state index in [0.29, 0.717) is 18.7 Å². The van der Waals surface area contributed by atoms with Crippen molar-refractivity contribution in [3.63, 3.8) is 0 Å². The molecule has 1 saturated heterocycles. The van der Waals surface area contributed by atoms with Crippen molar-refractivity contribution in [3.8, 4) is 5.75 Å². The van der Waals surface area contributed by atoms with Crippen LogP contribution in [-0.2, 0) is 21.2 Å². The van der Waals surface area contributed by atoms with E-state index in [4.69, 9.17) is 4.74 Å². The Kier molecular flexibility index (Phi) is 6.66. The lowest BCUT2D eigenvalue weighted by molar-refractivity contribution is -0.148. The van der Waals surface area contributed by atoms with Crippen molar-refractivity contribution < 1.29 is 23.1 Å². The number of hydrogen-bond donors (Lipinski definition) is 1. The third-order valence-corrected chi connectivity index (χ3v) is 6.34. The van der Waals surface area contributed by atoms with E-state index in [1.165, 1.54) is 4.90 Å². The van der Waals surface area contributed by atoms with E-state index in [2.05, 4.69) is 0 Å². The average Bonchev–Trinajstić information content (AvgIpc) is 2.69. The van der Waals surface area contributed by atoms with E-state index in [1.54, 1.807) is 24.3 Å². The van der Waals surface area contributed by atoms with E-state index in [-0.39, 0.29) is 25.4 Å². The summed E-state index contributed by atoms with van der Waals surface area (Å²) in [5.41, 5.74) is 1.05. The molecule has 0 saturated carbocycles. The van der Waals surface area contributed by atoms with Crippen molar-refractivity contribution >= 4 is 15.9 Å². The van der Waals surface area contributed by atoms with Gasteiger partial charge in [0.25, 0.3) is 0 Å². The molecule has 1 unspecified atom stereocenters. The molecule has 2 aromatic rings. The zero-order chi connectivity index (χ0) is 20.0. The fraction of sp³-hybridized carbons (Fsp3) is 0.350. The Morgan fingerprint density at radius 1 is 1.04 bits per heavy atom. The minimum absolute atomic E-state index is 0.0230. The zero-order valence-electron chi connectivity index (χ0n) is 15.5. The monoisotopic (exact) mass is 404 g/mol. The van der Waals surface area contributed by atoms with Gasteiger partial charge < -0.3 is 14.7 Å². The van der Waals surface area contributed by atoms with Crippen LogP contribution in [0.25, 0.3) is 0 Å². The van der Waals surface area contributed by atoms with Crippen LogP contribution in [0, 0.1) is 0 Å². The Hall–Kier alpha value is -2.42. The molecular weight excluding hydrogens is 380 g/mol. The van der Waals surface area contributed by atoms with Gasteiger partial charge in [-0.15, -0.1) is 0 Å². The van der Waals surface area contributed by atoms with Gasteiger partial charge in [0.2, 0.25) is 15.9 Å². The van der Waals surface area contributed by atoms with Gasteiger partial charge in [-0.3, -0.25) is 4.79 Å². The second kappa shape index (κ2) is 9.18. The topological polar surface area (TPSA) is 87.2 Å². The van der Waals surface area contributed by atoms with E-state index in [1.807, 2.05) is 36.4 Å². The number of benzene rings is 2. The third kappa shape index (κ3) is 5.31. The fourth-order valence-corrected chi connectivity index (χ4v) is 4.26. The molecule has 3 rings (SSSR count). The van der Waals surface area contributed by atoms with Crippen LogP contribution in [0.1, 0.15) is 5.56 Å². The minimum atomic E-state index is -3.71. The molecule has 0 bridgehead atoms. The molecule has 7 nitrogen and oxygen atoms in total. The molecule has 150 valence electrons. The normalized spacial score (nSPS) is 18.2. The zero-order valence-corrected chi connectivity index (χ0v) is 16.3. The summed E-state index contributed by atoms with van der Waals surface area (Å²) in [7, 11) is -3.71. The van der Waals surface area contributed by atoms with Gasteiger partial charge in [-0.2, -0.15) is 4.31 Å². The number of aliphatic hydroxyl groups is 1. The third-order valence-electron chi connectivity index (χ3n) is 4.59. The number of carbonyl (C=O) groups is 1. The smallest absolute Gasteiger partial charge is 0.239 e. The quantitative estimate of drug-likeness (QED) is 0.712. The molecule has 0 radical (unpaired) electrons. The number of β-amino-alcohol motifs (C(OH)–C–C–N with tert-alkyl or cyclic N) is 1. The predicted molar refractivity (Wildman–Crippen MR) is 105 cm³/mol. The number of aliphatic hydroxyl groups excluding tert-OH is 1. The van der Waals surface area contributed by atoms with Gasteiger partial charge in [-0.25, -0.2) is 8.42 Å². The van der Waals surface area contributed by atoms with Crippen LogP contribution in [0.3, 0.4) is 0 Å². The lowest BCUT2D eigenvalue weighted by atomic mass is 10.1. The van der Waals surface area contributed by atoms with Crippen LogP contribution in [0.2, 0.25) is 0 Å². The molecular formula is C20H24N2O5S.